The lowest BCUT2D eigenvalue weighted by Crippen LogP contribution is -2.15. The van der Waals surface area contributed by atoms with E-state index in [0.29, 0.717) is 5.69 Å². The van der Waals surface area contributed by atoms with E-state index in [-0.39, 0.29) is 28.6 Å². The van der Waals surface area contributed by atoms with Crippen molar-refractivity contribution in [3.8, 4) is 17.0 Å². The van der Waals surface area contributed by atoms with Crippen LogP contribution >= 0.6 is 0 Å². The Balaban J connectivity index is 1.64. The maximum atomic E-state index is 12.3. The minimum Gasteiger partial charge on any atom is -0.506 e. The Morgan fingerprint density at radius 2 is 1.86 bits per heavy atom. The highest BCUT2D eigenvalue weighted by atomic mass is 16.5. The summed E-state index contributed by atoms with van der Waals surface area (Å²) in [6.45, 7) is 0.784. The molecule has 0 unspecified atom stereocenters. The number of Topliss-reactive ketones (excluding diaryl/α,β-unsaturated/α-hetero) is 1. The Hall–Kier alpha value is -3.94. The molecule has 1 heterocycles. The SMILES string of the molecule is CC(=O)Nc1cc(C(=O)COC(=O)c2cc(-c3ccccc3)n[nH]2)ccc1O. The van der Waals surface area contributed by atoms with Gasteiger partial charge in [0.15, 0.2) is 12.4 Å². The number of anilines is 1. The predicted molar refractivity (Wildman–Crippen MR) is 101 cm³/mol. The molecule has 8 nitrogen and oxygen atoms in total. The first-order chi connectivity index (χ1) is 13.4. The Morgan fingerprint density at radius 3 is 2.57 bits per heavy atom. The molecule has 0 fully saturated rings. The second-order valence-corrected chi connectivity index (χ2v) is 5.95. The number of phenolic OH excluding ortho intramolecular Hbond substituents is 1. The first-order valence-electron chi connectivity index (χ1n) is 8.36. The summed E-state index contributed by atoms with van der Waals surface area (Å²) in [7, 11) is 0. The molecule has 3 rings (SSSR count). The number of nitrogens with one attached hydrogen (secondary N) is 2. The first-order valence-corrected chi connectivity index (χ1v) is 8.36. The van der Waals surface area contributed by atoms with Crippen LogP contribution in [0.3, 0.4) is 0 Å². The number of amides is 1. The Morgan fingerprint density at radius 1 is 1.11 bits per heavy atom. The van der Waals surface area contributed by atoms with Crippen LogP contribution in [0.2, 0.25) is 0 Å². The molecule has 0 aliphatic carbocycles. The monoisotopic (exact) mass is 379 g/mol. The quantitative estimate of drug-likeness (QED) is 0.344. The third kappa shape index (κ3) is 4.42. The summed E-state index contributed by atoms with van der Waals surface area (Å²) < 4.78 is 5.04. The van der Waals surface area contributed by atoms with E-state index in [9.17, 15) is 19.5 Å². The molecule has 3 N–H and O–H groups in total. The number of hydrogen-bond acceptors (Lipinski definition) is 6. The third-order valence-corrected chi connectivity index (χ3v) is 3.83. The minimum absolute atomic E-state index is 0.103. The predicted octanol–water partition coefficient (Wildman–Crippen LogP) is 2.78. The average molecular weight is 379 g/mol. The zero-order valence-corrected chi connectivity index (χ0v) is 14.9. The molecule has 2 aromatic carbocycles. The van der Waals surface area contributed by atoms with Crippen LogP contribution in [-0.4, -0.2) is 39.6 Å². The van der Waals surface area contributed by atoms with Crippen LogP contribution < -0.4 is 5.32 Å². The highest BCUT2D eigenvalue weighted by Crippen LogP contribution is 2.24. The molecular formula is C20H17N3O5. The van der Waals surface area contributed by atoms with Crippen LogP contribution in [0.5, 0.6) is 5.75 Å². The van der Waals surface area contributed by atoms with Gasteiger partial charge in [-0.15, -0.1) is 0 Å². The number of esters is 1. The molecule has 3 aromatic rings. The summed E-state index contributed by atoms with van der Waals surface area (Å²) >= 11 is 0. The Kier molecular flexibility index (Phi) is 5.50. The number of carbonyl (C=O) groups is 3. The molecule has 8 heteroatoms. The standard InChI is InChI=1S/C20H17N3O5/c1-12(24)21-16-9-14(7-8-18(16)25)19(26)11-28-20(27)17-10-15(22-23-17)13-5-3-2-4-6-13/h2-10,25H,11H2,1H3,(H,21,24)(H,22,23). The van der Waals surface area contributed by atoms with Gasteiger partial charge in [0, 0.05) is 18.1 Å². The molecule has 1 aromatic heterocycles. The maximum Gasteiger partial charge on any atom is 0.356 e. The van der Waals surface area contributed by atoms with E-state index in [2.05, 4.69) is 15.5 Å². The van der Waals surface area contributed by atoms with Crippen LogP contribution in [0, 0.1) is 0 Å². The maximum absolute atomic E-state index is 12.3. The first kappa shape index (κ1) is 18.8. The highest BCUT2D eigenvalue weighted by molar-refractivity contribution is 6.01. The normalized spacial score (nSPS) is 10.3. The fourth-order valence-corrected chi connectivity index (χ4v) is 2.47. The number of carbonyl (C=O) groups excluding carboxylic acids is 3. The molecule has 0 aliphatic heterocycles. The van der Waals surface area contributed by atoms with Crippen LogP contribution in [0.25, 0.3) is 11.3 Å². The van der Waals surface area contributed by atoms with Crippen LogP contribution in [-0.2, 0) is 9.53 Å². The van der Waals surface area contributed by atoms with Gasteiger partial charge in [-0.1, -0.05) is 30.3 Å². The number of rotatable bonds is 6. The number of phenols is 1. The van der Waals surface area contributed by atoms with Gasteiger partial charge < -0.3 is 15.2 Å². The summed E-state index contributed by atoms with van der Waals surface area (Å²) in [5.74, 6) is -1.76. The third-order valence-electron chi connectivity index (χ3n) is 3.83. The summed E-state index contributed by atoms with van der Waals surface area (Å²) in [6.07, 6.45) is 0. The van der Waals surface area contributed by atoms with Gasteiger partial charge >= 0.3 is 5.97 Å². The van der Waals surface area contributed by atoms with Crippen LogP contribution in [0.15, 0.2) is 54.6 Å². The van der Waals surface area contributed by atoms with Gasteiger partial charge in [-0.25, -0.2) is 4.79 Å². The van der Waals surface area contributed by atoms with Crippen LogP contribution in [0.1, 0.15) is 27.8 Å². The zero-order valence-electron chi connectivity index (χ0n) is 14.9. The molecule has 0 bridgehead atoms. The van der Waals surface area contributed by atoms with Crippen molar-refractivity contribution in [3.05, 3.63) is 65.9 Å². The van der Waals surface area contributed by atoms with E-state index in [0.717, 1.165) is 5.56 Å². The Bertz CT molecular complexity index is 1030. The number of nitrogens with zero attached hydrogens (tertiary/aromatic N) is 1. The lowest BCUT2D eigenvalue weighted by molar-refractivity contribution is -0.114. The van der Waals surface area contributed by atoms with E-state index in [4.69, 9.17) is 4.74 Å². The van der Waals surface area contributed by atoms with Crippen molar-refractivity contribution in [2.24, 2.45) is 0 Å². The molecule has 0 aliphatic rings. The lowest BCUT2D eigenvalue weighted by atomic mass is 10.1. The van der Waals surface area contributed by atoms with E-state index in [1.807, 2.05) is 30.3 Å². The molecule has 1 amide bonds. The van der Waals surface area contributed by atoms with E-state index >= 15 is 0 Å². The number of aromatic amines is 1. The summed E-state index contributed by atoms with van der Waals surface area (Å²) in [4.78, 5) is 35.5. The molecule has 142 valence electrons. The molecular weight excluding hydrogens is 362 g/mol. The van der Waals surface area contributed by atoms with E-state index in [1.165, 1.54) is 31.2 Å². The topological polar surface area (TPSA) is 121 Å². The van der Waals surface area contributed by atoms with Crippen molar-refractivity contribution in [1.29, 1.82) is 0 Å². The van der Waals surface area contributed by atoms with E-state index in [1.54, 1.807) is 0 Å². The number of H-pyrrole nitrogens is 1. The number of hydrogen-bond donors (Lipinski definition) is 3. The Labute approximate surface area is 160 Å². The smallest absolute Gasteiger partial charge is 0.356 e. The fraction of sp³-hybridized carbons (Fsp3) is 0.100. The molecule has 28 heavy (non-hydrogen) atoms. The largest absolute Gasteiger partial charge is 0.506 e. The number of ether oxygens (including phenoxy) is 1. The fourth-order valence-electron chi connectivity index (χ4n) is 2.47. The summed E-state index contributed by atoms with van der Waals surface area (Å²) in [5, 5.41) is 18.8. The molecule has 0 saturated heterocycles. The van der Waals surface area contributed by atoms with Gasteiger partial charge in [0.2, 0.25) is 5.91 Å². The van der Waals surface area contributed by atoms with Gasteiger partial charge in [0.25, 0.3) is 0 Å². The lowest BCUT2D eigenvalue weighted by Gasteiger charge is -2.08. The van der Waals surface area contributed by atoms with Crippen molar-refractivity contribution in [3.63, 3.8) is 0 Å². The van der Waals surface area contributed by atoms with Gasteiger partial charge in [-0.05, 0) is 24.3 Å². The van der Waals surface area contributed by atoms with Gasteiger partial charge in [-0.2, -0.15) is 5.10 Å². The molecule has 0 spiro atoms. The summed E-state index contributed by atoms with van der Waals surface area (Å²) in [6, 6.07) is 14.8. The zero-order chi connectivity index (χ0) is 20.1. The second kappa shape index (κ2) is 8.17. The molecule has 0 saturated carbocycles. The van der Waals surface area contributed by atoms with Crippen molar-refractivity contribution in [2.45, 2.75) is 6.92 Å². The second-order valence-electron chi connectivity index (χ2n) is 5.95. The average Bonchev–Trinajstić information content (AvgIpc) is 3.18. The molecule has 0 radical (unpaired) electrons. The van der Waals surface area contributed by atoms with Crippen molar-refractivity contribution >= 4 is 23.3 Å². The number of aromatic hydroxyl groups is 1. The van der Waals surface area contributed by atoms with Crippen molar-refractivity contribution in [2.75, 3.05) is 11.9 Å². The number of ketones is 1. The molecule has 0 atom stereocenters. The minimum atomic E-state index is -0.719. The van der Waals surface area contributed by atoms with Crippen molar-refractivity contribution < 1.29 is 24.2 Å². The van der Waals surface area contributed by atoms with E-state index < -0.39 is 18.4 Å². The van der Waals surface area contributed by atoms with Gasteiger partial charge in [-0.3, -0.25) is 14.7 Å². The van der Waals surface area contributed by atoms with Crippen molar-refractivity contribution in [1.82, 2.24) is 10.2 Å². The van der Waals surface area contributed by atoms with Gasteiger partial charge in [0.05, 0.1) is 11.4 Å². The van der Waals surface area contributed by atoms with Gasteiger partial charge in [0.1, 0.15) is 11.4 Å². The summed E-state index contributed by atoms with van der Waals surface area (Å²) in [5.41, 5.74) is 1.83. The highest BCUT2D eigenvalue weighted by Gasteiger charge is 2.16. The number of aromatic nitrogens is 2. The van der Waals surface area contributed by atoms with Crippen LogP contribution in [0.4, 0.5) is 5.69 Å². The number of benzene rings is 2.